The van der Waals surface area contributed by atoms with Crippen molar-refractivity contribution in [2.75, 3.05) is 0 Å². The van der Waals surface area contributed by atoms with E-state index in [2.05, 4.69) is 34.9 Å². The molecule has 2 nitrogen and oxygen atoms in total. The SMILES string of the molecule is CC(C)Cn1nc(Br)c2cccc(Cl)c21. The maximum Gasteiger partial charge on any atom is 0.136 e. The molecule has 4 heteroatoms. The highest BCUT2D eigenvalue weighted by molar-refractivity contribution is 9.10. The van der Waals surface area contributed by atoms with Crippen molar-refractivity contribution in [2.45, 2.75) is 20.4 Å². The van der Waals surface area contributed by atoms with E-state index in [0.717, 1.165) is 27.1 Å². The Labute approximate surface area is 102 Å². The second-order valence-corrected chi connectivity index (χ2v) is 5.16. The van der Waals surface area contributed by atoms with Crippen LogP contribution >= 0.6 is 27.5 Å². The van der Waals surface area contributed by atoms with Crippen LogP contribution in [-0.4, -0.2) is 9.78 Å². The number of aromatic nitrogens is 2. The van der Waals surface area contributed by atoms with E-state index in [1.54, 1.807) is 0 Å². The van der Waals surface area contributed by atoms with Crippen molar-refractivity contribution in [1.82, 2.24) is 9.78 Å². The highest BCUT2D eigenvalue weighted by Crippen LogP contribution is 2.29. The minimum Gasteiger partial charge on any atom is -0.262 e. The van der Waals surface area contributed by atoms with Crippen LogP contribution in [0.3, 0.4) is 0 Å². The van der Waals surface area contributed by atoms with E-state index >= 15 is 0 Å². The van der Waals surface area contributed by atoms with Crippen molar-refractivity contribution >= 4 is 38.4 Å². The number of nitrogens with zero attached hydrogens (tertiary/aromatic N) is 2. The van der Waals surface area contributed by atoms with Crippen LogP contribution in [-0.2, 0) is 6.54 Å². The van der Waals surface area contributed by atoms with Crippen molar-refractivity contribution in [2.24, 2.45) is 5.92 Å². The second kappa shape index (κ2) is 4.14. The molecule has 0 aliphatic carbocycles. The Morgan fingerprint density at radius 3 is 2.87 bits per heavy atom. The zero-order chi connectivity index (χ0) is 11.0. The summed E-state index contributed by atoms with van der Waals surface area (Å²) in [6.45, 7) is 5.21. The predicted octanol–water partition coefficient (Wildman–Crippen LogP) is 4.11. The van der Waals surface area contributed by atoms with Crippen molar-refractivity contribution in [1.29, 1.82) is 0 Å². The molecule has 2 aromatic rings. The van der Waals surface area contributed by atoms with Gasteiger partial charge in [-0.1, -0.05) is 31.5 Å². The van der Waals surface area contributed by atoms with Crippen LogP contribution < -0.4 is 0 Å². The zero-order valence-electron chi connectivity index (χ0n) is 8.67. The quantitative estimate of drug-likeness (QED) is 0.813. The molecule has 1 aromatic heterocycles. The summed E-state index contributed by atoms with van der Waals surface area (Å²) in [6, 6.07) is 5.86. The number of fused-ring (bicyclic) bond motifs is 1. The Bertz CT molecular complexity index is 491. The molecule has 15 heavy (non-hydrogen) atoms. The van der Waals surface area contributed by atoms with Crippen LogP contribution in [0.25, 0.3) is 10.9 Å². The maximum atomic E-state index is 6.18. The number of halogens is 2. The summed E-state index contributed by atoms with van der Waals surface area (Å²) < 4.78 is 2.83. The lowest BCUT2D eigenvalue weighted by Crippen LogP contribution is -2.05. The molecule has 0 amide bonds. The van der Waals surface area contributed by atoms with Crippen LogP contribution in [0.15, 0.2) is 22.8 Å². The number of benzene rings is 1. The van der Waals surface area contributed by atoms with Gasteiger partial charge in [-0.3, -0.25) is 4.68 Å². The summed E-state index contributed by atoms with van der Waals surface area (Å²) in [4.78, 5) is 0. The largest absolute Gasteiger partial charge is 0.262 e. The fraction of sp³-hybridized carbons (Fsp3) is 0.364. The molecule has 0 atom stereocenters. The molecule has 0 aliphatic rings. The monoisotopic (exact) mass is 286 g/mol. The van der Waals surface area contributed by atoms with Crippen LogP contribution in [0, 0.1) is 5.92 Å². The standard InChI is InChI=1S/C11H12BrClN2/c1-7(2)6-15-10-8(11(12)14-15)4-3-5-9(10)13/h3-5,7H,6H2,1-2H3. The van der Waals surface area contributed by atoms with Gasteiger partial charge in [-0.2, -0.15) is 5.10 Å². The van der Waals surface area contributed by atoms with Gasteiger partial charge in [0.2, 0.25) is 0 Å². The first-order valence-electron chi connectivity index (χ1n) is 4.90. The van der Waals surface area contributed by atoms with Gasteiger partial charge in [0.05, 0.1) is 10.5 Å². The minimum absolute atomic E-state index is 0.552. The molecule has 0 aliphatic heterocycles. The fourth-order valence-electron chi connectivity index (χ4n) is 1.63. The first-order chi connectivity index (χ1) is 7.09. The first-order valence-corrected chi connectivity index (χ1v) is 6.07. The van der Waals surface area contributed by atoms with Gasteiger partial charge in [0.25, 0.3) is 0 Å². The fourth-order valence-corrected chi connectivity index (χ4v) is 2.42. The van der Waals surface area contributed by atoms with Crippen molar-refractivity contribution in [3.05, 3.63) is 27.8 Å². The van der Waals surface area contributed by atoms with E-state index in [1.807, 2.05) is 22.9 Å². The smallest absolute Gasteiger partial charge is 0.136 e. The summed E-state index contributed by atoms with van der Waals surface area (Å²) >= 11 is 9.63. The molecule has 0 spiro atoms. The molecule has 1 aromatic carbocycles. The lowest BCUT2D eigenvalue weighted by atomic mass is 10.2. The Balaban J connectivity index is 2.65. The second-order valence-electron chi connectivity index (χ2n) is 4.00. The van der Waals surface area contributed by atoms with Gasteiger partial charge in [-0.15, -0.1) is 0 Å². The van der Waals surface area contributed by atoms with Gasteiger partial charge in [0, 0.05) is 11.9 Å². The third-order valence-corrected chi connectivity index (χ3v) is 3.10. The van der Waals surface area contributed by atoms with Crippen LogP contribution in [0.2, 0.25) is 5.02 Å². The third kappa shape index (κ3) is 2.04. The average Bonchev–Trinajstić information content (AvgIpc) is 2.44. The van der Waals surface area contributed by atoms with Gasteiger partial charge in [-0.05, 0) is 34.0 Å². The summed E-state index contributed by atoms with van der Waals surface area (Å²) in [5, 5.41) is 6.27. The molecule has 0 unspecified atom stereocenters. The van der Waals surface area contributed by atoms with Gasteiger partial charge < -0.3 is 0 Å². The summed E-state index contributed by atoms with van der Waals surface area (Å²) in [5.74, 6) is 0.552. The van der Waals surface area contributed by atoms with E-state index in [9.17, 15) is 0 Å². The van der Waals surface area contributed by atoms with E-state index in [1.165, 1.54) is 0 Å². The first kappa shape index (κ1) is 11.0. The lowest BCUT2D eigenvalue weighted by molar-refractivity contribution is 0.493. The summed E-state index contributed by atoms with van der Waals surface area (Å²) in [7, 11) is 0. The van der Waals surface area contributed by atoms with Crippen molar-refractivity contribution in [3.63, 3.8) is 0 Å². The molecule has 0 radical (unpaired) electrons. The van der Waals surface area contributed by atoms with Gasteiger partial charge in [0.15, 0.2) is 0 Å². The van der Waals surface area contributed by atoms with Crippen LogP contribution in [0.5, 0.6) is 0 Å². The third-order valence-electron chi connectivity index (χ3n) is 2.21. The molecule has 1 heterocycles. The Hall–Kier alpha value is -0.540. The number of para-hydroxylation sites is 1. The maximum absolute atomic E-state index is 6.18. The molecule has 0 saturated carbocycles. The number of hydrogen-bond donors (Lipinski definition) is 0. The van der Waals surface area contributed by atoms with E-state index in [-0.39, 0.29) is 0 Å². The van der Waals surface area contributed by atoms with E-state index < -0.39 is 0 Å². The van der Waals surface area contributed by atoms with Crippen LogP contribution in [0.1, 0.15) is 13.8 Å². The zero-order valence-corrected chi connectivity index (χ0v) is 11.0. The lowest BCUT2D eigenvalue weighted by Gasteiger charge is -2.06. The molecule has 80 valence electrons. The molecule has 0 N–H and O–H groups in total. The summed E-state index contributed by atoms with van der Waals surface area (Å²) in [6.07, 6.45) is 0. The van der Waals surface area contributed by atoms with Crippen molar-refractivity contribution < 1.29 is 0 Å². The van der Waals surface area contributed by atoms with Gasteiger partial charge in [-0.25, -0.2) is 0 Å². The molecule has 0 fully saturated rings. The average molecular weight is 288 g/mol. The molecule has 0 bridgehead atoms. The molecule has 0 saturated heterocycles. The Morgan fingerprint density at radius 1 is 1.47 bits per heavy atom. The van der Waals surface area contributed by atoms with Gasteiger partial charge in [0.1, 0.15) is 4.60 Å². The normalized spacial score (nSPS) is 11.5. The number of hydrogen-bond acceptors (Lipinski definition) is 1. The summed E-state index contributed by atoms with van der Waals surface area (Å²) in [5.41, 5.74) is 1.01. The van der Waals surface area contributed by atoms with E-state index in [0.29, 0.717) is 5.92 Å². The van der Waals surface area contributed by atoms with Crippen LogP contribution in [0.4, 0.5) is 0 Å². The molecule has 2 rings (SSSR count). The Kier molecular flexibility index (Phi) is 3.03. The minimum atomic E-state index is 0.552. The molecular formula is C11H12BrClN2. The van der Waals surface area contributed by atoms with E-state index in [4.69, 9.17) is 11.6 Å². The molecular weight excluding hydrogens is 275 g/mol. The predicted molar refractivity (Wildman–Crippen MR) is 67.3 cm³/mol. The van der Waals surface area contributed by atoms with Crippen molar-refractivity contribution in [3.8, 4) is 0 Å². The van der Waals surface area contributed by atoms with Gasteiger partial charge >= 0.3 is 0 Å². The Morgan fingerprint density at radius 2 is 2.20 bits per heavy atom. The highest BCUT2D eigenvalue weighted by Gasteiger charge is 2.11. The highest BCUT2D eigenvalue weighted by atomic mass is 79.9. The number of rotatable bonds is 2. The topological polar surface area (TPSA) is 17.8 Å².